The van der Waals surface area contributed by atoms with Crippen LogP contribution in [0.4, 0.5) is 0 Å². The molecule has 2 rings (SSSR count). The van der Waals surface area contributed by atoms with E-state index in [9.17, 15) is 4.79 Å². The molecule has 0 spiro atoms. The summed E-state index contributed by atoms with van der Waals surface area (Å²) in [6, 6.07) is 7.61. The van der Waals surface area contributed by atoms with E-state index in [1.165, 1.54) is 0 Å². The molecule has 0 bridgehead atoms. The van der Waals surface area contributed by atoms with Gasteiger partial charge in [-0.15, -0.1) is 0 Å². The van der Waals surface area contributed by atoms with Gasteiger partial charge in [-0.1, -0.05) is 26.7 Å². The number of carbonyl (C=O) groups excluding carboxylic acids is 1. The lowest BCUT2D eigenvalue weighted by molar-refractivity contribution is -0.125. The SMILES string of the molecule is CCCC(CCC)C(=O)NCCc1nc(-c2ccc(OC)cc2)n[nH]1. The maximum absolute atomic E-state index is 12.2. The van der Waals surface area contributed by atoms with E-state index in [0.29, 0.717) is 18.8 Å². The lowest BCUT2D eigenvalue weighted by Gasteiger charge is -2.14. The quantitative estimate of drug-likeness (QED) is 0.692. The zero-order valence-corrected chi connectivity index (χ0v) is 15.3. The van der Waals surface area contributed by atoms with E-state index < -0.39 is 0 Å². The van der Waals surface area contributed by atoms with Crippen LogP contribution in [0, 0.1) is 5.92 Å². The van der Waals surface area contributed by atoms with Crippen molar-refractivity contribution in [3.05, 3.63) is 30.1 Å². The Kier molecular flexibility index (Phi) is 7.44. The summed E-state index contributed by atoms with van der Waals surface area (Å²) in [5.74, 6) is 2.50. The summed E-state index contributed by atoms with van der Waals surface area (Å²) in [7, 11) is 1.64. The van der Waals surface area contributed by atoms with E-state index in [4.69, 9.17) is 4.74 Å². The highest BCUT2D eigenvalue weighted by Gasteiger charge is 2.16. The fourth-order valence-corrected chi connectivity index (χ4v) is 2.83. The van der Waals surface area contributed by atoms with Gasteiger partial charge in [-0.05, 0) is 37.1 Å². The highest BCUT2D eigenvalue weighted by Crippen LogP contribution is 2.19. The second-order valence-corrected chi connectivity index (χ2v) is 6.15. The van der Waals surface area contributed by atoms with Gasteiger partial charge in [0.2, 0.25) is 5.91 Å². The molecule has 0 fully saturated rings. The van der Waals surface area contributed by atoms with Crippen LogP contribution in [-0.2, 0) is 11.2 Å². The number of ether oxygens (including phenoxy) is 1. The number of methoxy groups -OCH3 is 1. The first-order valence-corrected chi connectivity index (χ1v) is 9.01. The number of benzene rings is 1. The smallest absolute Gasteiger partial charge is 0.223 e. The molecule has 1 aromatic heterocycles. The fraction of sp³-hybridized carbons (Fsp3) is 0.526. The van der Waals surface area contributed by atoms with Crippen LogP contribution in [0.2, 0.25) is 0 Å². The third-order valence-electron chi connectivity index (χ3n) is 4.19. The molecule has 0 aliphatic rings. The van der Waals surface area contributed by atoms with Crippen LogP contribution in [0.3, 0.4) is 0 Å². The minimum Gasteiger partial charge on any atom is -0.497 e. The lowest BCUT2D eigenvalue weighted by atomic mass is 9.97. The molecule has 0 saturated heterocycles. The molecule has 6 heteroatoms. The molecular formula is C19H28N4O2. The first-order valence-electron chi connectivity index (χ1n) is 9.01. The summed E-state index contributed by atoms with van der Waals surface area (Å²) in [6.45, 7) is 4.80. The fourth-order valence-electron chi connectivity index (χ4n) is 2.83. The van der Waals surface area contributed by atoms with Gasteiger partial charge in [0, 0.05) is 24.4 Å². The van der Waals surface area contributed by atoms with Crippen LogP contribution >= 0.6 is 0 Å². The third-order valence-corrected chi connectivity index (χ3v) is 4.19. The number of H-pyrrole nitrogens is 1. The monoisotopic (exact) mass is 344 g/mol. The summed E-state index contributed by atoms with van der Waals surface area (Å²) < 4.78 is 5.15. The molecule has 1 heterocycles. The molecule has 0 saturated carbocycles. The highest BCUT2D eigenvalue weighted by atomic mass is 16.5. The van der Waals surface area contributed by atoms with Gasteiger partial charge in [-0.3, -0.25) is 9.89 Å². The van der Waals surface area contributed by atoms with Crippen molar-refractivity contribution in [1.82, 2.24) is 20.5 Å². The van der Waals surface area contributed by atoms with Gasteiger partial charge < -0.3 is 10.1 Å². The van der Waals surface area contributed by atoms with Crippen molar-refractivity contribution < 1.29 is 9.53 Å². The summed E-state index contributed by atoms with van der Waals surface area (Å²) in [4.78, 5) is 16.7. The summed E-state index contributed by atoms with van der Waals surface area (Å²) in [5, 5.41) is 10.2. The minimum atomic E-state index is 0.125. The van der Waals surface area contributed by atoms with Crippen molar-refractivity contribution in [3.8, 4) is 17.1 Å². The molecule has 2 aromatic rings. The number of nitrogens with one attached hydrogen (secondary N) is 2. The van der Waals surface area contributed by atoms with E-state index in [2.05, 4.69) is 34.3 Å². The average Bonchev–Trinajstić information content (AvgIpc) is 3.10. The molecule has 136 valence electrons. The summed E-state index contributed by atoms with van der Waals surface area (Å²) >= 11 is 0. The number of hydrogen-bond acceptors (Lipinski definition) is 4. The molecule has 1 amide bonds. The molecular weight excluding hydrogens is 316 g/mol. The Labute approximate surface area is 149 Å². The van der Waals surface area contributed by atoms with Crippen LogP contribution < -0.4 is 10.1 Å². The molecule has 6 nitrogen and oxygen atoms in total. The molecule has 0 atom stereocenters. The standard InChI is InChI=1S/C19H28N4O2/c1-4-6-15(7-5-2)19(24)20-13-12-17-21-18(23-22-17)14-8-10-16(25-3)11-9-14/h8-11,15H,4-7,12-13H2,1-3H3,(H,20,24)(H,21,22,23). The van der Waals surface area contributed by atoms with Gasteiger partial charge in [-0.2, -0.15) is 5.10 Å². The predicted molar refractivity (Wildman–Crippen MR) is 98.4 cm³/mol. The first-order chi connectivity index (χ1) is 12.2. The van der Waals surface area contributed by atoms with Gasteiger partial charge in [0.05, 0.1) is 7.11 Å². The molecule has 1 aromatic carbocycles. The average molecular weight is 344 g/mol. The Morgan fingerprint density at radius 3 is 2.48 bits per heavy atom. The van der Waals surface area contributed by atoms with Gasteiger partial charge in [-0.25, -0.2) is 4.98 Å². The first kappa shape index (κ1) is 19.0. The van der Waals surface area contributed by atoms with Gasteiger partial charge in [0.1, 0.15) is 11.6 Å². The molecule has 2 N–H and O–H groups in total. The van der Waals surface area contributed by atoms with E-state index in [-0.39, 0.29) is 11.8 Å². The van der Waals surface area contributed by atoms with E-state index in [1.54, 1.807) is 7.11 Å². The Balaban J connectivity index is 1.85. The molecule has 0 aliphatic heterocycles. The second-order valence-electron chi connectivity index (χ2n) is 6.15. The number of nitrogens with zero attached hydrogens (tertiary/aromatic N) is 2. The summed E-state index contributed by atoms with van der Waals surface area (Å²) in [5.41, 5.74) is 0.929. The maximum Gasteiger partial charge on any atom is 0.223 e. The minimum absolute atomic E-state index is 0.125. The van der Waals surface area contributed by atoms with Crippen molar-refractivity contribution in [2.45, 2.75) is 46.0 Å². The number of aromatic amines is 1. The predicted octanol–water partition coefficient (Wildman–Crippen LogP) is 3.36. The topological polar surface area (TPSA) is 79.9 Å². The van der Waals surface area contributed by atoms with Crippen LogP contribution in [0.5, 0.6) is 5.75 Å². The summed E-state index contributed by atoms with van der Waals surface area (Å²) in [6.07, 6.45) is 4.60. The van der Waals surface area contributed by atoms with Crippen LogP contribution in [0.25, 0.3) is 11.4 Å². The number of carbonyl (C=O) groups is 1. The Morgan fingerprint density at radius 1 is 1.20 bits per heavy atom. The van der Waals surface area contributed by atoms with Gasteiger partial charge in [0.15, 0.2) is 5.82 Å². The highest BCUT2D eigenvalue weighted by molar-refractivity contribution is 5.78. The Morgan fingerprint density at radius 2 is 1.88 bits per heavy atom. The van der Waals surface area contributed by atoms with Crippen molar-refractivity contribution in [3.63, 3.8) is 0 Å². The number of rotatable bonds is 10. The molecule has 0 unspecified atom stereocenters. The Bertz CT molecular complexity index is 646. The van der Waals surface area contributed by atoms with E-state index >= 15 is 0 Å². The second kappa shape index (κ2) is 9.81. The normalized spacial score (nSPS) is 10.9. The van der Waals surface area contributed by atoms with Crippen molar-refractivity contribution >= 4 is 5.91 Å². The van der Waals surface area contributed by atoms with E-state index in [0.717, 1.165) is 42.8 Å². The third kappa shape index (κ3) is 5.59. The van der Waals surface area contributed by atoms with Crippen LogP contribution in [-0.4, -0.2) is 34.7 Å². The molecule has 25 heavy (non-hydrogen) atoms. The Hall–Kier alpha value is -2.37. The van der Waals surface area contributed by atoms with Crippen molar-refractivity contribution in [2.75, 3.05) is 13.7 Å². The zero-order chi connectivity index (χ0) is 18.1. The molecule has 0 aliphatic carbocycles. The van der Waals surface area contributed by atoms with Crippen molar-refractivity contribution in [2.24, 2.45) is 5.92 Å². The van der Waals surface area contributed by atoms with Crippen molar-refractivity contribution in [1.29, 1.82) is 0 Å². The van der Waals surface area contributed by atoms with Crippen LogP contribution in [0.15, 0.2) is 24.3 Å². The number of aromatic nitrogens is 3. The number of hydrogen-bond donors (Lipinski definition) is 2. The molecule has 0 radical (unpaired) electrons. The lowest BCUT2D eigenvalue weighted by Crippen LogP contribution is -2.32. The zero-order valence-electron chi connectivity index (χ0n) is 15.3. The van der Waals surface area contributed by atoms with Crippen LogP contribution in [0.1, 0.15) is 45.4 Å². The maximum atomic E-state index is 12.2. The largest absolute Gasteiger partial charge is 0.497 e. The number of amides is 1. The van der Waals surface area contributed by atoms with Gasteiger partial charge in [0.25, 0.3) is 0 Å². The van der Waals surface area contributed by atoms with E-state index in [1.807, 2.05) is 24.3 Å². The van der Waals surface area contributed by atoms with Gasteiger partial charge >= 0.3 is 0 Å².